The average molecular weight is 414 g/mol. The molecule has 0 aliphatic carbocycles. The van der Waals surface area contributed by atoms with E-state index in [1.807, 2.05) is 12.1 Å². The Bertz CT molecular complexity index is 920. The van der Waals surface area contributed by atoms with Crippen molar-refractivity contribution in [2.24, 2.45) is 0 Å². The van der Waals surface area contributed by atoms with Crippen LogP contribution in [-0.4, -0.2) is 0 Å². The number of hydrogen-bond acceptors (Lipinski definition) is 0. The van der Waals surface area contributed by atoms with Gasteiger partial charge in [0.05, 0.1) is 0 Å². The predicted molar refractivity (Wildman–Crippen MR) is 134 cm³/mol. The Morgan fingerprint density at radius 3 is 0.968 bits per heavy atom. The SMILES string of the molecule is CC(C)c1cccc(C(C)C)c1-c1cccc(-c2c(C(C)C)cccc2C(C)C)c1[O]. The van der Waals surface area contributed by atoms with Crippen molar-refractivity contribution in [3.8, 4) is 28.0 Å². The summed E-state index contributed by atoms with van der Waals surface area (Å²) in [5, 5.41) is 14.1. The highest BCUT2D eigenvalue weighted by atomic mass is 16.3. The second kappa shape index (κ2) is 9.30. The summed E-state index contributed by atoms with van der Waals surface area (Å²) in [7, 11) is 0. The summed E-state index contributed by atoms with van der Waals surface area (Å²) >= 11 is 0. The molecule has 163 valence electrons. The Labute approximate surface area is 189 Å². The minimum atomic E-state index is 0.146. The number of hydrogen-bond donors (Lipinski definition) is 0. The fourth-order valence-corrected chi connectivity index (χ4v) is 4.65. The first-order valence-electron chi connectivity index (χ1n) is 11.7. The van der Waals surface area contributed by atoms with Crippen LogP contribution in [0, 0.1) is 0 Å². The third kappa shape index (κ3) is 4.42. The van der Waals surface area contributed by atoms with Crippen LogP contribution in [0.25, 0.3) is 22.3 Å². The van der Waals surface area contributed by atoms with Gasteiger partial charge in [-0.3, -0.25) is 5.11 Å². The van der Waals surface area contributed by atoms with Gasteiger partial charge in [-0.2, -0.15) is 0 Å². The van der Waals surface area contributed by atoms with E-state index in [0.717, 1.165) is 22.3 Å². The first-order chi connectivity index (χ1) is 14.6. The summed E-state index contributed by atoms with van der Waals surface area (Å²) in [5.74, 6) is 1.56. The van der Waals surface area contributed by atoms with Crippen LogP contribution >= 0.6 is 0 Å². The van der Waals surface area contributed by atoms with Crippen LogP contribution in [0.5, 0.6) is 5.75 Å². The van der Waals surface area contributed by atoms with Gasteiger partial charge in [-0.05, 0) is 57.1 Å². The highest BCUT2D eigenvalue weighted by Crippen LogP contribution is 2.47. The van der Waals surface area contributed by atoms with Crippen molar-refractivity contribution in [3.05, 3.63) is 76.9 Å². The van der Waals surface area contributed by atoms with Crippen LogP contribution in [0.2, 0.25) is 0 Å². The first kappa shape index (κ1) is 23.1. The lowest BCUT2D eigenvalue weighted by molar-refractivity contribution is 0.358. The molecule has 0 fully saturated rings. The normalized spacial score (nSPS) is 11.9. The van der Waals surface area contributed by atoms with Crippen molar-refractivity contribution in [3.63, 3.8) is 0 Å². The molecule has 0 N–H and O–H groups in total. The molecule has 3 rings (SSSR count). The molecule has 0 saturated heterocycles. The van der Waals surface area contributed by atoms with E-state index in [2.05, 4.69) is 97.9 Å². The quantitative estimate of drug-likeness (QED) is 0.383. The Morgan fingerprint density at radius 2 is 0.710 bits per heavy atom. The monoisotopic (exact) mass is 413 g/mol. The molecule has 0 spiro atoms. The fourth-order valence-electron chi connectivity index (χ4n) is 4.65. The van der Waals surface area contributed by atoms with E-state index in [4.69, 9.17) is 0 Å². The molecule has 0 atom stereocenters. The maximum absolute atomic E-state index is 14.1. The van der Waals surface area contributed by atoms with Gasteiger partial charge in [-0.15, -0.1) is 0 Å². The molecule has 0 aromatic heterocycles. The van der Waals surface area contributed by atoms with Gasteiger partial charge in [0.2, 0.25) is 0 Å². The molecule has 0 aliphatic rings. The van der Waals surface area contributed by atoms with E-state index in [-0.39, 0.29) is 5.75 Å². The maximum atomic E-state index is 14.1. The van der Waals surface area contributed by atoms with Crippen LogP contribution in [-0.2, 0) is 5.11 Å². The molecule has 1 radical (unpaired) electrons. The van der Waals surface area contributed by atoms with Crippen molar-refractivity contribution < 1.29 is 5.11 Å². The van der Waals surface area contributed by atoms with E-state index in [0.29, 0.717) is 23.7 Å². The number of para-hydroxylation sites is 1. The summed E-state index contributed by atoms with van der Waals surface area (Å²) in [6.07, 6.45) is 0. The van der Waals surface area contributed by atoms with Crippen molar-refractivity contribution in [2.45, 2.75) is 79.1 Å². The summed E-state index contributed by atoms with van der Waals surface area (Å²) in [5.41, 5.74) is 8.93. The summed E-state index contributed by atoms with van der Waals surface area (Å²) in [4.78, 5) is 0. The number of rotatable bonds is 6. The van der Waals surface area contributed by atoms with Crippen LogP contribution < -0.4 is 0 Å². The highest BCUT2D eigenvalue weighted by Gasteiger charge is 2.24. The maximum Gasteiger partial charge on any atom is 0.194 e. The lowest BCUT2D eigenvalue weighted by atomic mass is 9.81. The van der Waals surface area contributed by atoms with E-state index in [1.54, 1.807) is 0 Å². The molecular formula is C30H37O. The molecule has 0 amide bonds. The largest absolute Gasteiger partial charge is 0.289 e. The van der Waals surface area contributed by atoms with Gasteiger partial charge < -0.3 is 0 Å². The molecule has 1 heteroatoms. The molecule has 0 bridgehead atoms. The molecule has 0 saturated carbocycles. The fraction of sp³-hybridized carbons (Fsp3) is 0.400. The van der Waals surface area contributed by atoms with E-state index in [1.165, 1.54) is 22.3 Å². The Hall–Kier alpha value is -2.54. The smallest absolute Gasteiger partial charge is 0.194 e. The third-order valence-electron chi connectivity index (χ3n) is 6.30. The number of benzene rings is 3. The van der Waals surface area contributed by atoms with Gasteiger partial charge in [-0.25, -0.2) is 0 Å². The topological polar surface area (TPSA) is 19.9 Å². The lowest BCUT2D eigenvalue weighted by Gasteiger charge is -2.23. The molecule has 0 heterocycles. The summed E-state index contributed by atoms with van der Waals surface area (Å²) < 4.78 is 0. The average Bonchev–Trinajstić information content (AvgIpc) is 2.72. The Balaban J connectivity index is 2.38. The minimum Gasteiger partial charge on any atom is -0.289 e. The van der Waals surface area contributed by atoms with Crippen LogP contribution in [0.4, 0.5) is 0 Å². The standard InChI is InChI=1S/C30H37O/c1-18(2)22-12-9-13-23(19(3)4)28(22)26-16-11-17-27(30(26)31)29-24(20(5)6)14-10-15-25(29)21(7)8/h9-21H,1-8H3. The molecular weight excluding hydrogens is 376 g/mol. The van der Waals surface area contributed by atoms with Crippen LogP contribution in [0.3, 0.4) is 0 Å². The van der Waals surface area contributed by atoms with Crippen LogP contribution in [0.1, 0.15) is 101 Å². The van der Waals surface area contributed by atoms with Crippen molar-refractivity contribution >= 4 is 0 Å². The van der Waals surface area contributed by atoms with E-state index < -0.39 is 0 Å². The molecule has 1 nitrogen and oxygen atoms in total. The Kier molecular flexibility index (Phi) is 6.94. The minimum absolute atomic E-state index is 0.146. The van der Waals surface area contributed by atoms with Gasteiger partial charge in [0.25, 0.3) is 0 Å². The van der Waals surface area contributed by atoms with Gasteiger partial charge in [0.15, 0.2) is 5.75 Å². The zero-order valence-corrected chi connectivity index (χ0v) is 20.4. The van der Waals surface area contributed by atoms with Gasteiger partial charge in [0, 0.05) is 11.1 Å². The second-order valence-electron chi connectivity index (χ2n) is 9.92. The molecule has 3 aromatic rings. The molecule has 0 unspecified atom stereocenters. The second-order valence-corrected chi connectivity index (χ2v) is 9.92. The zero-order valence-electron chi connectivity index (χ0n) is 20.4. The van der Waals surface area contributed by atoms with Gasteiger partial charge >= 0.3 is 0 Å². The Morgan fingerprint density at radius 1 is 0.452 bits per heavy atom. The summed E-state index contributed by atoms with van der Waals surface area (Å²) in [6, 6.07) is 19.1. The van der Waals surface area contributed by atoms with Crippen molar-refractivity contribution in [2.75, 3.05) is 0 Å². The third-order valence-corrected chi connectivity index (χ3v) is 6.30. The van der Waals surface area contributed by atoms with Gasteiger partial charge in [0.1, 0.15) is 0 Å². The molecule has 3 aromatic carbocycles. The first-order valence-corrected chi connectivity index (χ1v) is 11.7. The zero-order chi connectivity index (χ0) is 22.9. The predicted octanol–water partition coefficient (Wildman–Crippen LogP) is 9.66. The molecule has 0 aliphatic heterocycles. The summed E-state index contributed by atoms with van der Waals surface area (Å²) in [6.45, 7) is 17.7. The van der Waals surface area contributed by atoms with E-state index in [9.17, 15) is 5.11 Å². The van der Waals surface area contributed by atoms with Gasteiger partial charge in [-0.1, -0.05) is 110 Å². The highest BCUT2D eigenvalue weighted by molar-refractivity contribution is 5.87. The lowest BCUT2D eigenvalue weighted by Crippen LogP contribution is -2.02. The van der Waals surface area contributed by atoms with Crippen LogP contribution in [0.15, 0.2) is 54.6 Å². The molecule has 31 heavy (non-hydrogen) atoms. The van der Waals surface area contributed by atoms with E-state index >= 15 is 0 Å². The van der Waals surface area contributed by atoms with Crippen molar-refractivity contribution in [1.29, 1.82) is 0 Å². The van der Waals surface area contributed by atoms with Crippen molar-refractivity contribution in [1.82, 2.24) is 0 Å².